The summed E-state index contributed by atoms with van der Waals surface area (Å²) in [7, 11) is 0. The molecule has 4 aromatic rings. The van der Waals surface area contributed by atoms with Gasteiger partial charge in [-0.3, -0.25) is 9.59 Å². The third-order valence-corrected chi connectivity index (χ3v) is 6.87. The molecule has 0 bridgehead atoms. The molecule has 0 N–H and O–H groups in total. The Balaban J connectivity index is 1.37. The maximum Gasteiger partial charge on any atom is 0.359 e. The van der Waals surface area contributed by atoms with Crippen molar-refractivity contribution < 1.29 is 28.3 Å². The van der Waals surface area contributed by atoms with Gasteiger partial charge in [0.05, 0.1) is 31.2 Å². The van der Waals surface area contributed by atoms with E-state index in [1.54, 1.807) is 35.1 Å². The van der Waals surface area contributed by atoms with Crippen molar-refractivity contribution in [3.05, 3.63) is 71.7 Å². The maximum atomic E-state index is 13.9. The van der Waals surface area contributed by atoms with Gasteiger partial charge in [-0.15, -0.1) is 0 Å². The van der Waals surface area contributed by atoms with Gasteiger partial charge in [0.15, 0.2) is 5.69 Å². The zero-order valence-corrected chi connectivity index (χ0v) is 21.0. The van der Waals surface area contributed by atoms with Crippen LogP contribution in [0, 0.1) is 0 Å². The van der Waals surface area contributed by atoms with E-state index < -0.39 is 5.97 Å². The average Bonchev–Trinajstić information content (AvgIpc) is 3.55. The van der Waals surface area contributed by atoms with Crippen LogP contribution < -0.4 is 9.80 Å². The molecule has 0 unspecified atom stereocenters. The first kappa shape index (κ1) is 23.9. The zero-order valence-electron chi connectivity index (χ0n) is 21.0. The minimum atomic E-state index is -0.554. The van der Waals surface area contributed by atoms with Crippen molar-refractivity contribution in [3.63, 3.8) is 0 Å². The van der Waals surface area contributed by atoms with Crippen molar-refractivity contribution in [2.45, 2.75) is 26.4 Å². The number of furan rings is 1. The fourth-order valence-electron chi connectivity index (χ4n) is 5.01. The molecule has 2 aliphatic rings. The molecule has 0 saturated carbocycles. The molecule has 0 radical (unpaired) electrons. The predicted molar refractivity (Wildman–Crippen MR) is 139 cm³/mol. The Morgan fingerprint density at radius 3 is 2.55 bits per heavy atom. The second kappa shape index (κ2) is 9.46. The molecule has 2 aromatic carbocycles. The number of anilines is 2. The maximum absolute atomic E-state index is 13.9. The quantitative estimate of drug-likeness (QED) is 0.373. The number of amides is 2. The summed E-state index contributed by atoms with van der Waals surface area (Å²) in [4.78, 5) is 42.4. The van der Waals surface area contributed by atoms with Crippen molar-refractivity contribution in [1.29, 1.82) is 0 Å². The Morgan fingerprint density at radius 1 is 1.05 bits per heavy atom. The van der Waals surface area contributed by atoms with Gasteiger partial charge < -0.3 is 23.7 Å². The normalized spacial score (nSPS) is 17.7. The summed E-state index contributed by atoms with van der Waals surface area (Å²) >= 11 is 0. The summed E-state index contributed by atoms with van der Waals surface area (Å²) in [5, 5.41) is 5.40. The van der Waals surface area contributed by atoms with E-state index >= 15 is 0 Å². The molecule has 2 amide bonds. The number of benzene rings is 2. The predicted octanol–water partition coefficient (Wildman–Crippen LogP) is 3.75. The topological polar surface area (TPSA) is 107 Å². The molecule has 10 nitrogen and oxygen atoms in total. The summed E-state index contributed by atoms with van der Waals surface area (Å²) < 4.78 is 17.6. The lowest BCUT2D eigenvalue weighted by molar-refractivity contribution is -0.128. The fraction of sp³-hybridized carbons (Fsp3) is 0.286. The molecule has 4 heterocycles. The van der Waals surface area contributed by atoms with Gasteiger partial charge in [-0.05, 0) is 68.8 Å². The van der Waals surface area contributed by atoms with Crippen LogP contribution >= 0.6 is 0 Å². The van der Waals surface area contributed by atoms with Gasteiger partial charge in [-0.2, -0.15) is 5.10 Å². The smallest absolute Gasteiger partial charge is 0.359 e. The monoisotopic (exact) mass is 514 g/mol. The van der Waals surface area contributed by atoms with Crippen LogP contribution in [0.1, 0.15) is 40.4 Å². The first-order chi connectivity index (χ1) is 18.4. The number of morpholine rings is 1. The largest absolute Gasteiger partial charge is 0.464 e. The van der Waals surface area contributed by atoms with E-state index in [2.05, 4.69) is 5.10 Å². The zero-order chi connectivity index (χ0) is 26.4. The highest BCUT2D eigenvalue weighted by atomic mass is 16.5. The second-order valence-corrected chi connectivity index (χ2v) is 9.30. The SMILES string of the molecule is CCOC(=O)c1nn(-c2ccc3occc3c2)c2c1CCN(c1ccc(N3C[C@@H](C)OCC3=O)cc1)C2=O. The molecule has 10 heteroatoms. The van der Waals surface area contributed by atoms with E-state index in [0.717, 1.165) is 11.1 Å². The number of rotatable bonds is 5. The molecule has 2 aliphatic heterocycles. The first-order valence-electron chi connectivity index (χ1n) is 12.5. The molecule has 0 aliphatic carbocycles. The molecule has 0 spiro atoms. The minimum absolute atomic E-state index is 0.0493. The van der Waals surface area contributed by atoms with E-state index in [0.29, 0.717) is 47.7 Å². The Bertz CT molecular complexity index is 1550. The van der Waals surface area contributed by atoms with Crippen LogP contribution in [0.5, 0.6) is 0 Å². The Labute approximate surface area is 218 Å². The summed E-state index contributed by atoms with van der Waals surface area (Å²) in [5.74, 6) is -0.924. The lowest BCUT2D eigenvalue weighted by Crippen LogP contribution is -2.45. The van der Waals surface area contributed by atoms with Crippen LogP contribution in [0.3, 0.4) is 0 Å². The van der Waals surface area contributed by atoms with E-state index in [1.807, 2.05) is 43.3 Å². The van der Waals surface area contributed by atoms with Crippen molar-refractivity contribution in [1.82, 2.24) is 9.78 Å². The molecular weight excluding hydrogens is 488 g/mol. The first-order valence-corrected chi connectivity index (χ1v) is 12.5. The molecular formula is C28H26N4O6. The van der Waals surface area contributed by atoms with Gasteiger partial charge in [0, 0.05) is 28.9 Å². The van der Waals surface area contributed by atoms with E-state index in [1.165, 1.54) is 4.68 Å². The Kier molecular flexibility index (Phi) is 5.96. The van der Waals surface area contributed by atoms with Crippen molar-refractivity contribution in [2.24, 2.45) is 0 Å². The van der Waals surface area contributed by atoms with Crippen LogP contribution in [0.4, 0.5) is 11.4 Å². The summed E-state index contributed by atoms with van der Waals surface area (Å²) in [6, 6.07) is 14.6. The van der Waals surface area contributed by atoms with E-state index in [4.69, 9.17) is 13.9 Å². The fourth-order valence-corrected chi connectivity index (χ4v) is 5.01. The van der Waals surface area contributed by atoms with E-state index in [-0.39, 0.29) is 36.8 Å². The molecule has 194 valence electrons. The Hall–Kier alpha value is -4.44. The van der Waals surface area contributed by atoms with Crippen LogP contribution in [-0.2, 0) is 20.7 Å². The van der Waals surface area contributed by atoms with Crippen LogP contribution in [0.2, 0.25) is 0 Å². The third kappa shape index (κ3) is 4.03. The number of esters is 1. The summed E-state index contributed by atoms with van der Waals surface area (Å²) in [6.07, 6.45) is 1.98. The van der Waals surface area contributed by atoms with E-state index in [9.17, 15) is 14.4 Å². The number of carbonyl (C=O) groups is 3. The molecule has 38 heavy (non-hydrogen) atoms. The number of fused-ring (bicyclic) bond motifs is 2. The van der Waals surface area contributed by atoms with Crippen LogP contribution in [0.15, 0.2) is 59.2 Å². The van der Waals surface area contributed by atoms with Crippen LogP contribution in [0.25, 0.3) is 16.7 Å². The highest BCUT2D eigenvalue weighted by molar-refractivity contribution is 6.09. The van der Waals surface area contributed by atoms with Crippen molar-refractivity contribution in [3.8, 4) is 5.69 Å². The lowest BCUT2D eigenvalue weighted by atomic mass is 10.0. The number of ether oxygens (including phenoxy) is 2. The number of hydrogen-bond donors (Lipinski definition) is 0. The highest BCUT2D eigenvalue weighted by Crippen LogP contribution is 2.31. The lowest BCUT2D eigenvalue weighted by Gasteiger charge is -2.32. The van der Waals surface area contributed by atoms with Crippen molar-refractivity contribution in [2.75, 3.05) is 36.1 Å². The number of hydrogen-bond acceptors (Lipinski definition) is 7. The van der Waals surface area contributed by atoms with Gasteiger partial charge in [0.25, 0.3) is 11.8 Å². The summed E-state index contributed by atoms with van der Waals surface area (Å²) in [5.41, 5.74) is 3.83. The number of aromatic nitrogens is 2. The highest BCUT2D eigenvalue weighted by Gasteiger charge is 2.36. The standard InChI is InChI=1S/C28H26N4O6/c1-3-36-28(35)25-22-10-12-30(19-4-6-20(7-5-19)31-15-17(2)38-16-24(31)33)27(34)26(22)32(29-25)21-8-9-23-18(14-21)11-13-37-23/h4-9,11,13-14,17H,3,10,12,15-16H2,1-2H3/t17-/m1/s1. The number of nitrogens with zero attached hydrogens (tertiary/aromatic N) is 4. The molecule has 1 fully saturated rings. The van der Waals surface area contributed by atoms with Crippen molar-refractivity contribution >= 4 is 40.1 Å². The molecule has 1 saturated heterocycles. The molecule has 2 aromatic heterocycles. The van der Waals surface area contributed by atoms with Crippen LogP contribution in [-0.4, -0.2) is 60.0 Å². The van der Waals surface area contributed by atoms with Gasteiger partial charge >= 0.3 is 5.97 Å². The summed E-state index contributed by atoms with van der Waals surface area (Å²) in [6.45, 7) is 4.76. The third-order valence-electron chi connectivity index (χ3n) is 6.87. The second-order valence-electron chi connectivity index (χ2n) is 9.30. The van der Waals surface area contributed by atoms with Gasteiger partial charge in [-0.1, -0.05) is 0 Å². The Morgan fingerprint density at radius 2 is 1.79 bits per heavy atom. The van der Waals surface area contributed by atoms with Gasteiger partial charge in [0.1, 0.15) is 17.9 Å². The molecule has 1 atom stereocenters. The van der Waals surface area contributed by atoms with Gasteiger partial charge in [0.2, 0.25) is 0 Å². The minimum Gasteiger partial charge on any atom is -0.464 e. The average molecular weight is 515 g/mol. The molecule has 6 rings (SSSR count). The van der Waals surface area contributed by atoms with Gasteiger partial charge in [-0.25, -0.2) is 9.48 Å². The number of carbonyl (C=O) groups excluding carboxylic acids is 3.